The normalized spacial score (nSPS) is 12.2. The molecule has 2 rings (SSSR count). The van der Waals surface area contributed by atoms with Gasteiger partial charge in [0.15, 0.2) is 0 Å². The number of carboxylic acid groups (broad SMARTS) is 1. The number of halogens is 1. The van der Waals surface area contributed by atoms with Crippen LogP contribution in [0.3, 0.4) is 0 Å². The third kappa shape index (κ3) is 5.23. The number of nitrogens with zero attached hydrogens (tertiary/aromatic N) is 1. The molecule has 7 nitrogen and oxygen atoms in total. The first kappa shape index (κ1) is 20.8. The second-order valence-corrected chi connectivity index (χ2v) is 7.21. The van der Waals surface area contributed by atoms with E-state index in [9.17, 15) is 14.4 Å². The predicted molar refractivity (Wildman–Crippen MR) is 104 cm³/mol. The van der Waals surface area contributed by atoms with Gasteiger partial charge in [-0.1, -0.05) is 25.4 Å². The number of carboxylic acids is 1. The van der Waals surface area contributed by atoms with Crippen molar-refractivity contribution >= 4 is 40.3 Å². The zero-order valence-corrected chi connectivity index (χ0v) is 16.3. The van der Waals surface area contributed by atoms with Gasteiger partial charge < -0.3 is 20.3 Å². The highest BCUT2D eigenvalue weighted by atomic mass is 35.5. The molecular weight excluding hydrogens is 370 g/mol. The van der Waals surface area contributed by atoms with Crippen LogP contribution < -0.4 is 10.6 Å². The van der Waals surface area contributed by atoms with Crippen molar-refractivity contribution in [1.82, 2.24) is 15.2 Å². The van der Waals surface area contributed by atoms with Gasteiger partial charge in [0.05, 0.1) is 0 Å². The lowest BCUT2D eigenvalue weighted by molar-refractivity contribution is -0.137. The van der Waals surface area contributed by atoms with Gasteiger partial charge in [0.25, 0.3) is 5.91 Å². The number of benzene rings is 1. The van der Waals surface area contributed by atoms with Crippen molar-refractivity contribution in [3.63, 3.8) is 0 Å². The number of fused-ring (bicyclic) bond motifs is 1. The highest BCUT2D eigenvalue weighted by Crippen LogP contribution is 2.22. The van der Waals surface area contributed by atoms with Crippen LogP contribution in [0.25, 0.3) is 10.9 Å². The van der Waals surface area contributed by atoms with Gasteiger partial charge in [-0.15, -0.1) is 0 Å². The first-order valence-corrected chi connectivity index (χ1v) is 9.14. The van der Waals surface area contributed by atoms with E-state index < -0.39 is 12.0 Å². The molecule has 2 amide bonds. The summed E-state index contributed by atoms with van der Waals surface area (Å²) in [4.78, 5) is 35.7. The van der Waals surface area contributed by atoms with Gasteiger partial charge in [0.1, 0.15) is 11.7 Å². The number of aliphatic carboxylic acids is 1. The quantitative estimate of drug-likeness (QED) is 0.600. The molecule has 0 spiro atoms. The Hall–Kier alpha value is -2.54. The van der Waals surface area contributed by atoms with Crippen molar-refractivity contribution in [2.45, 2.75) is 32.7 Å². The monoisotopic (exact) mass is 393 g/mol. The van der Waals surface area contributed by atoms with Crippen molar-refractivity contribution < 1.29 is 19.5 Å². The van der Waals surface area contributed by atoms with Crippen LogP contribution in [0, 0.1) is 5.92 Å². The standard InChI is InChI=1S/C19H24ClN3O4/c1-11(2)17(19(27)21-8-4-5-16(24)25)22-18(26)15-10-12-9-13(20)6-7-14(12)23(15)3/h6-7,9-11,17H,4-5,8H2,1-3H3,(H,21,27)(H,22,26)(H,24,25)/t17-/m0/s1. The Bertz CT molecular complexity index is 860. The summed E-state index contributed by atoms with van der Waals surface area (Å²) in [5, 5.41) is 15.5. The number of carbonyl (C=O) groups excluding carboxylic acids is 2. The lowest BCUT2D eigenvalue weighted by atomic mass is 10.0. The molecule has 0 aliphatic rings. The number of hydrogen-bond acceptors (Lipinski definition) is 3. The maximum atomic E-state index is 12.7. The molecule has 0 saturated carbocycles. The molecule has 1 heterocycles. The van der Waals surface area contributed by atoms with Crippen molar-refractivity contribution in [1.29, 1.82) is 0 Å². The number of aryl methyl sites for hydroxylation is 1. The first-order chi connectivity index (χ1) is 12.7. The molecule has 8 heteroatoms. The van der Waals surface area contributed by atoms with Gasteiger partial charge in [0, 0.05) is 35.9 Å². The van der Waals surface area contributed by atoms with E-state index in [1.807, 2.05) is 19.9 Å². The fourth-order valence-electron chi connectivity index (χ4n) is 2.85. The van der Waals surface area contributed by atoms with Crippen molar-refractivity contribution in [3.05, 3.63) is 35.0 Å². The fourth-order valence-corrected chi connectivity index (χ4v) is 3.03. The van der Waals surface area contributed by atoms with E-state index >= 15 is 0 Å². The van der Waals surface area contributed by atoms with E-state index in [2.05, 4.69) is 10.6 Å². The zero-order chi connectivity index (χ0) is 20.1. The van der Waals surface area contributed by atoms with Gasteiger partial charge in [-0.25, -0.2) is 0 Å². The van der Waals surface area contributed by atoms with Gasteiger partial charge in [0.2, 0.25) is 5.91 Å². The van der Waals surface area contributed by atoms with Crippen molar-refractivity contribution in [3.8, 4) is 0 Å². The summed E-state index contributed by atoms with van der Waals surface area (Å²) in [7, 11) is 1.78. The van der Waals surface area contributed by atoms with Crippen LogP contribution in [0.4, 0.5) is 0 Å². The maximum Gasteiger partial charge on any atom is 0.303 e. The van der Waals surface area contributed by atoms with Crippen LogP contribution in [0.15, 0.2) is 24.3 Å². The van der Waals surface area contributed by atoms with Crippen LogP contribution in [-0.4, -0.2) is 40.0 Å². The smallest absolute Gasteiger partial charge is 0.303 e. The van der Waals surface area contributed by atoms with Crippen LogP contribution in [0.5, 0.6) is 0 Å². The Labute approximate surface area is 162 Å². The average Bonchev–Trinajstić information content (AvgIpc) is 2.91. The van der Waals surface area contributed by atoms with E-state index in [0.29, 0.717) is 17.1 Å². The predicted octanol–water partition coefficient (Wildman–Crippen LogP) is 2.57. The summed E-state index contributed by atoms with van der Waals surface area (Å²) in [5.74, 6) is -1.72. The molecule has 0 aliphatic heterocycles. The van der Waals surface area contributed by atoms with E-state index in [-0.39, 0.29) is 30.7 Å². The maximum absolute atomic E-state index is 12.7. The van der Waals surface area contributed by atoms with Gasteiger partial charge in [-0.2, -0.15) is 0 Å². The first-order valence-electron chi connectivity index (χ1n) is 8.76. The molecule has 1 atom stereocenters. The fraction of sp³-hybridized carbons (Fsp3) is 0.421. The van der Waals surface area contributed by atoms with E-state index in [1.54, 1.807) is 29.8 Å². The van der Waals surface area contributed by atoms with Gasteiger partial charge in [-0.05, 0) is 36.6 Å². The molecule has 0 fully saturated rings. The van der Waals surface area contributed by atoms with Gasteiger partial charge >= 0.3 is 5.97 Å². The number of carbonyl (C=O) groups is 3. The Kier molecular flexibility index (Phi) is 6.85. The Morgan fingerprint density at radius 1 is 1.22 bits per heavy atom. The molecule has 0 saturated heterocycles. The molecule has 1 aromatic heterocycles. The highest BCUT2D eigenvalue weighted by Gasteiger charge is 2.25. The summed E-state index contributed by atoms with van der Waals surface area (Å²) in [6.45, 7) is 3.92. The minimum atomic E-state index is -0.908. The van der Waals surface area contributed by atoms with Gasteiger partial charge in [-0.3, -0.25) is 14.4 Å². The number of aromatic nitrogens is 1. The highest BCUT2D eigenvalue weighted by molar-refractivity contribution is 6.31. The molecule has 0 unspecified atom stereocenters. The summed E-state index contributed by atoms with van der Waals surface area (Å²) in [6, 6.07) is 6.39. The Balaban J connectivity index is 2.09. The van der Waals surface area contributed by atoms with Crippen LogP contribution in [0.2, 0.25) is 5.02 Å². The lowest BCUT2D eigenvalue weighted by Crippen LogP contribution is -2.50. The third-order valence-electron chi connectivity index (χ3n) is 4.34. The third-order valence-corrected chi connectivity index (χ3v) is 4.57. The number of amides is 2. The Morgan fingerprint density at radius 3 is 2.56 bits per heavy atom. The van der Waals surface area contributed by atoms with Crippen LogP contribution in [0.1, 0.15) is 37.2 Å². The summed E-state index contributed by atoms with van der Waals surface area (Å²) >= 11 is 6.01. The molecule has 0 aliphatic carbocycles. The molecule has 146 valence electrons. The molecule has 27 heavy (non-hydrogen) atoms. The largest absolute Gasteiger partial charge is 0.481 e. The SMILES string of the molecule is CC(C)[C@H](NC(=O)c1cc2cc(Cl)ccc2n1C)C(=O)NCCCC(=O)O. The molecule has 2 aromatic rings. The van der Waals surface area contributed by atoms with Crippen molar-refractivity contribution in [2.24, 2.45) is 13.0 Å². The minimum absolute atomic E-state index is 0.0164. The van der Waals surface area contributed by atoms with E-state index in [4.69, 9.17) is 16.7 Å². The van der Waals surface area contributed by atoms with Crippen molar-refractivity contribution in [2.75, 3.05) is 6.54 Å². The lowest BCUT2D eigenvalue weighted by Gasteiger charge is -2.21. The Morgan fingerprint density at radius 2 is 1.93 bits per heavy atom. The van der Waals surface area contributed by atoms with Crippen LogP contribution >= 0.6 is 11.6 Å². The average molecular weight is 394 g/mol. The second-order valence-electron chi connectivity index (χ2n) is 6.78. The molecule has 0 radical (unpaired) electrons. The number of rotatable bonds is 8. The minimum Gasteiger partial charge on any atom is -0.481 e. The number of hydrogen-bond donors (Lipinski definition) is 3. The van der Waals surface area contributed by atoms with Crippen LogP contribution in [-0.2, 0) is 16.6 Å². The van der Waals surface area contributed by atoms with E-state index in [0.717, 1.165) is 10.9 Å². The topological polar surface area (TPSA) is 100 Å². The summed E-state index contributed by atoms with van der Waals surface area (Å²) in [6.07, 6.45) is 0.321. The zero-order valence-electron chi connectivity index (χ0n) is 15.6. The van der Waals surface area contributed by atoms with E-state index in [1.165, 1.54) is 0 Å². The molecule has 1 aromatic carbocycles. The molecule has 3 N–H and O–H groups in total. The summed E-state index contributed by atoms with van der Waals surface area (Å²) < 4.78 is 1.75. The second kappa shape index (κ2) is 8.90. The molecular formula is C19H24ClN3O4. The number of nitrogens with one attached hydrogen (secondary N) is 2. The summed E-state index contributed by atoms with van der Waals surface area (Å²) in [5.41, 5.74) is 1.29. The molecule has 0 bridgehead atoms.